The van der Waals surface area contributed by atoms with Crippen molar-refractivity contribution in [3.8, 4) is 0 Å². The Morgan fingerprint density at radius 2 is 1.42 bits per heavy atom. The van der Waals surface area contributed by atoms with E-state index in [1.807, 2.05) is 4.90 Å². The topological polar surface area (TPSA) is 69.7 Å². The standard InChI is InChI=1S/C18H29N3O3/c22-13-20-9-11-21(12-10-20)18(24)15-7-5-14(6-8-15)17(23)19-16-3-1-2-4-16/h13-16H,1-12H2,(H,19,23). The molecule has 2 aliphatic carbocycles. The number of carbonyl (C=O) groups excluding carboxylic acids is 3. The molecule has 0 aromatic heterocycles. The first-order chi connectivity index (χ1) is 11.7. The summed E-state index contributed by atoms with van der Waals surface area (Å²) in [5.74, 6) is 0.562. The summed E-state index contributed by atoms with van der Waals surface area (Å²) < 4.78 is 0. The summed E-state index contributed by atoms with van der Waals surface area (Å²) in [6.07, 6.45) is 8.82. The van der Waals surface area contributed by atoms with E-state index in [-0.39, 0.29) is 23.7 Å². The van der Waals surface area contributed by atoms with E-state index < -0.39 is 0 Å². The van der Waals surface area contributed by atoms with Crippen LogP contribution in [-0.2, 0) is 14.4 Å². The van der Waals surface area contributed by atoms with Crippen molar-refractivity contribution >= 4 is 18.2 Å². The van der Waals surface area contributed by atoms with Crippen LogP contribution in [0.2, 0.25) is 0 Å². The minimum absolute atomic E-state index is 0.0586. The molecule has 3 amide bonds. The van der Waals surface area contributed by atoms with Crippen molar-refractivity contribution in [1.82, 2.24) is 15.1 Å². The molecular formula is C18H29N3O3. The van der Waals surface area contributed by atoms with Crippen LogP contribution in [0, 0.1) is 11.8 Å². The maximum atomic E-state index is 12.6. The molecule has 0 aromatic carbocycles. The van der Waals surface area contributed by atoms with Crippen LogP contribution >= 0.6 is 0 Å². The Balaban J connectivity index is 1.42. The van der Waals surface area contributed by atoms with Gasteiger partial charge in [-0.1, -0.05) is 12.8 Å². The molecule has 6 nitrogen and oxygen atoms in total. The maximum Gasteiger partial charge on any atom is 0.225 e. The maximum absolute atomic E-state index is 12.6. The van der Waals surface area contributed by atoms with E-state index in [1.165, 1.54) is 12.8 Å². The Morgan fingerprint density at radius 3 is 2.00 bits per heavy atom. The molecule has 1 N–H and O–H groups in total. The van der Waals surface area contributed by atoms with Gasteiger partial charge in [-0.3, -0.25) is 14.4 Å². The second-order valence-corrected chi connectivity index (χ2v) is 7.51. The monoisotopic (exact) mass is 335 g/mol. The van der Waals surface area contributed by atoms with Crippen LogP contribution in [0.25, 0.3) is 0 Å². The first-order valence-electron chi connectivity index (χ1n) is 9.46. The fraction of sp³-hybridized carbons (Fsp3) is 0.833. The Labute approximate surface area is 143 Å². The zero-order valence-electron chi connectivity index (χ0n) is 14.4. The summed E-state index contributed by atoms with van der Waals surface area (Å²) in [7, 11) is 0. The summed E-state index contributed by atoms with van der Waals surface area (Å²) in [6, 6.07) is 0.381. The number of hydrogen-bond acceptors (Lipinski definition) is 3. The van der Waals surface area contributed by atoms with Crippen LogP contribution in [0.4, 0.5) is 0 Å². The lowest BCUT2D eigenvalue weighted by atomic mass is 9.80. The van der Waals surface area contributed by atoms with Crippen molar-refractivity contribution in [2.75, 3.05) is 26.2 Å². The highest BCUT2D eigenvalue weighted by Crippen LogP contribution is 2.31. The summed E-state index contributed by atoms with van der Waals surface area (Å²) in [5.41, 5.74) is 0. The van der Waals surface area contributed by atoms with Gasteiger partial charge in [-0.25, -0.2) is 0 Å². The van der Waals surface area contributed by atoms with Crippen LogP contribution in [-0.4, -0.2) is 60.2 Å². The molecule has 0 atom stereocenters. The van der Waals surface area contributed by atoms with Gasteiger partial charge in [0.25, 0.3) is 0 Å². The van der Waals surface area contributed by atoms with Crippen LogP contribution in [0.15, 0.2) is 0 Å². The molecule has 134 valence electrons. The molecule has 0 unspecified atom stereocenters. The summed E-state index contributed by atoms with van der Waals surface area (Å²) in [4.78, 5) is 39.3. The third kappa shape index (κ3) is 4.08. The molecular weight excluding hydrogens is 306 g/mol. The lowest BCUT2D eigenvalue weighted by Crippen LogP contribution is -2.50. The largest absolute Gasteiger partial charge is 0.353 e. The smallest absolute Gasteiger partial charge is 0.225 e. The number of hydrogen-bond donors (Lipinski definition) is 1. The number of rotatable bonds is 4. The normalized spacial score (nSPS) is 28.7. The van der Waals surface area contributed by atoms with Crippen LogP contribution in [0.3, 0.4) is 0 Å². The predicted octanol–water partition coefficient (Wildman–Crippen LogP) is 1.15. The van der Waals surface area contributed by atoms with E-state index in [0.717, 1.165) is 44.9 Å². The van der Waals surface area contributed by atoms with Gasteiger partial charge in [0.05, 0.1) is 0 Å². The number of nitrogens with zero attached hydrogens (tertiary/aromatic N) is 2. The minimum Gasteiger partial charge on any atom is -0.353 e. The van der Waals surface area contributed by atoms with Gasteiger partial charge in [0.2, 0.25) is 18.2 Å². The Bertz CT molecular complexity index is 460. The van der Waals surface area contributed by atoms with Crippen molar-refractivity contribution in [2.24, 2.45) is 11.8 Å². The summed E-state index contributed by atoms with van der Waals surface area (Å²) >= 11 is 0. The van der Waals surface area contributed by atoms with Crippen LogP contribution < -0.4 is 5.32 Å². The fourth-order valence-electron chi connectivity index (χ4n) is 4.30. The van der Waals surface area contributed by atoms with E-state index in [2.05, 4.69) is 5.32 Å². The van der Waals surface area contributed by atoms with Crippen molar-refractivity contribution in [3.63, 3.8) is 0 Å². The van der Waals surface area contributed by atoms with Crippen LogP contribution in [0.1, 0.15) is 51.4 Å². The average Bonchev–Trinajstić information content (AvgIpc) is 3.14. The molecule has 3 fully saturated rings. The van der Waals surface area contributed by atoms with Crippen molar-refractivity contribution in [2.45, 2.75) is 57.4 Å². The minimum atomic E-state index is 0.0586. The highest BCUT2D eigenvalue weighted by Gasteiger charge is 2.33. The second-order valence-electron chi connectivity index (χ2n) is 7.51. The van der Waals surface area contributed by atoms with Crippen LogP contribution in [0.5, 0.6) is 0 Å². The molecule has 0 spiro atoms. The summed E-state index contributed by atoms with van der Waals surface area (Å²) in [5, 5.41) is 3.19. The highest BCUT2D eigenvalue weighted by molar-refractivity contribution is 5.81. The molecule has 0 radical (unpaired) electrons. The lowest BCUT2D eigenvalue weighted by molar-refractivity contribution is -0.141. The zero-order valence-corrected chi connectivity index (χ0v) is 14.4. The van der Waals surface area contributed by atoms with E-state index >= 15 is 0 Å². The Hall–Kier alpha value is -1.59. The molecule has 24 heavy (non-hydrogen) atoms. The van der Waals surface area contributed by atoms with E-state index in [1.54, 1.807) is 4.90 Å². The van der Waals surface area contributed by atoms with Gasteiger partial charge in [0, 0.05) is 44.1 Å². The average molecular weight is 335 g/mol. The van der Waals surface area contributed by atoms with Gasteiger partial charge >= 0.3 is 0 Å². The second kappa shape index (κ2) is 7.99. The zero-order chi connectivity index (χ0) is 16.9. The third-order valence-corrected chi connectivity index (χ3v) is 5.92. The number of piperazine rings is 1. The molecule has 6 heteroatoms. The molecule has 0 aromatic rings. The first kappa shape index (κ1) is 17.2. The Kier molecular flexibility index (Phi) is 5.74. The molecule has 0 bridgehead atoms. The van der Waals surface area contributed by atoms with Crippen molar-refractivity contribution < 1.29 is 14.4 Å². The quantitative estimate of drug-likeness (QED) is 0.784. The van der Waals surface area contributed by atoms with E-state index in [4.69, 9.17) is 0 Å². The first-order valence-corrected chi connectivity index (χ1v) is 9.46. The van der Waals surface area contributed by atoms with Crippen molar-refractivity contribution in [1.29, 1.82) is 0 Å². The van der Waals surface area contributed by atoms with Gasteiger partial charge in [-0.2, -0.15) is 0 Å². The van der Waals surface area contributed by atoms with E-state index in [0.29, 0.717) is 32.2 Å². The lowest BCUT2D eigenvalue weighted by Gasteiger charge is -2.36. The van der Waals surface area contributed by atoms with Gasteiger partial charge in [-0.15, -0.1) is 0 Å². The third-order valence-electron chi connectivity index (χ3n) is 5.92. The number of carbonyl (C=O) groups is 3. The number of nitrogens with one attached hydrogen (secondary N) is 1. The SMILES string of the molecule is O=CN1CCN(C(=O)C2CCC(C(=O)NC3CCCC3)CC2)CC1. The summed E-state index contributed by atoms with van der Waals surface area (Å²) in [6.45, 7) is 2.54. The van der Waals surface area contributed by atoms with Crippen molar-refractivity contribution in [3.05, 3.63) is 0 Å². The molecule has 1 heterocycles. The molecule has 3 rings (SSSR count). The number of amides is 3. The molecule has 1 aliphatic heterocycles. The van der Waals surface area contributed by atoms with E-state index in [9.17, 15) is 14.4 Å². The fourth-order valence-corrected chi connectivity index (χ4v) is 4.30. The molecule has 2 saturated carbocycles. The van der Waals surface area contributed by atoms with Gasteiger partial charge in [0.1, 0.15) is 0 Å². The predicted molar refractivity (Wildman–Crippen MR) is 90.1 cm³/mol. The Morgan fingerprint density at radius 1 is 0.833 bits per heavy atom. The van der Waals surface area contributed by atoms with Gasteiger partial charge in [0.15, 0.2) is 0 Å². The highest BCUT2D eigenvalue weighted by atomic mass is 16.2. The van der Waals surface area contributed by atoms with Gasteiger partial charge in [-0.05, 0) is 38.5 Å². The molecule has 3 aliphatic rings. The van der Waals surface area contributed by atoms with Gasteiger partial charge < -0.3 is 15.1 Å². The molecule has 1 saturated heterocycles.